The summed E-state index contributed by atoms with van der Waals surface area (Å²) in [6.45, 7) is 12.7. The third kappa shape index (κ3) is 5.32. The predicted octanol–water partition coefficient (Wildman–Crippen LogP) is 4.37. The minimum atomic E-state index is 0.330. The molecule has 1 fully saturated rings. The Balaban J connectivity index is 1.55. The number of aryl methyl sites for hydroxylation is 1. The summed E-state index contributed by atoms with van der Waals surface area (Å²) < 4.78 is 5.77. The minimum Gasteiger partial charge on any atom is -0.492 e. The van der Waals surface area contributed by atoms with Crippen LogP contribution in [0, 0.1) is 13.5 Å². The Morgan fingerprint density at radius 1 is 1.16 bits per heavy atom. The Kier molecular flexibility index (Phi) is 6.65. The van der Waals surface area contributed by atoms with E-state index in [1.54, 1.807) is 0 Å². The van der Waals surface area contributed by atoms with Gasteiger partial charge in [-0.1, -0.05) is 18.2 Å². The molecule has 0 radical (unpaired) electrons. The highest BCUT2D eigenvalue weighted by Gasteiger charge is 2.22. The summed E-state index contributed by atoms with van der Waals surface area (Å²) in [5.41, 5.74) is 2.60. The van der Waals surface area contributed by atoms with Gasteiger partial charge in [0.05, 0.1) is 6.57 Å². The molecule has 0 saturated carbocycles. The number of hydrogen-bond donors (Lipinski definition) is 4. The molecule has 0 spiro atoms. The van der Waals surface area contributed by atoms with Crippen LogP contribution in [0.1, 0.15) is 30.0 Å². The summed E-state index contributed by atoms with van der Waals surface area (Å²) in [5.74, 6) is 3.12. The molecular weight excluding hydrogens is 390 g/mol. The van der Waals surface area contributed by atoms with Crippen molar-refractivity contribution in [3.05, 3.63) is 65.1 Å². The first-order valence-corrected chi connectivity index (χ1v) is 10.6. The molecule has 3 aromatic rings. The van der Waals surface area contributed by atoms with Crippen molar-refractivity contribution in [3.63, 3.8) is 0 Å². The van der Waals surface area contributed by atoms with Crippen LogP contribution >= 0.6 is 0 Å². The average Bonchev–Trinajstić information content (AvgIpc) is 3.22. The van der Waals surface area contributed by atoms with E-state index in [2.05, 4.69) is 36.0 Å². The van der Waals surface area contributed by atoms with Crippen molar-refractivity contribution in [2.45, 2.75) is 25.7 Å². The molecule has 0 bridgehead atoms. The Hall–Kier alpha value is -3.57. The zero-order valence-electron chi connectivity index (χ0n) is 17.6. The summed E-state index contributed by atoms with van der Waals surface area (Å²) in [6.07, 6.45) is 2.01. The van der Waals surface area contributed by atoms with Gasteiger partial charge in [-0.15, -0.1) is 0 Å². The number of hydrogen-bond acceptors (Lipinski definition) is 6. The maximum atomic E-state index is 7.81. The van der Waals surface area contributed by atoms with Gasteiger partial charge in [0, 0.05) is 18.3 Å². The first kappa shape index (κ1) is 20.7. The molecular formula is C23H27N7O. The first-order chi connectivity index (χ1) is 15.2. The number of rotatable bonds is 8. The minimum absolute atomic E-state index is 0.330. The Morgan fingerprint density at radius 2 is 1.97 bits per heavy atom. The molecule has 8 nitrogen and oxygen atoms in total. The zero-order valence-corrected chi connectivity index (χ0v) is 17.6. The van der Waals surface area contributed by atoms with Crippen LogP contribution in [-0.2, 0) is 0 Å². The van der Waals surface area contributed by atoms with Crippen LogP contribution in [0.2, 0.25) is 0 Å². The van der Waals surface area contributed by atoms with Crippen LogP contribution in [0.15, 0.2) is 42.5 Å². The van der Waals surface area contributed by atoms with Crippen LogP contribution in [0.4, 0.5) is 23.1 Å². The fraction of sp³-hybridized carbons (Fsp3) is 0.348. The smallest absolute Gasteiger partial charge is 0.231 e. The van der Waals surface area contributed by atoms with Gasteiger partial charge in [-0.3, -0.25) is 5.10 Å². The van der Waals surface area contributed by atoms with E-state index in [0.29, 0.717) is 42.2 Å². The molecule has 2 aromatic heterocycles. The van der Waals surface area contributed by atoms with Gasteiger partial charge in [-0.25, -0.2) is 9.83 Å². The molecule has 1 aliphatic rings. The van der Waals surface area contributed by atoms with Gasteiger partial charge >= 0.3 is 0 Å². The number of nitrogens with one attached hydrogen (secondary N) is 4. The number of aromatic amines is 1. The van der Waals surface area contributed by atoms with Crippen molar-refractivity contribution in [2.24, 2.45) is 0 Å². The Labute approximate surface area is 182 Å². The summed E-state index contributed by atoms with van der Waals surface area (Å²) >= 11 is 0. The molecule has 1 aliphatic heterocycles. The molecule has 0 aliphatic carbocycles. The van der Waals surface area contributed by atoms with Gasteiger partial charge in [-0.2, -0.15) is 5.10 Å². The van der Waals surface area contributed by atoms with E-state index in [4.69, 9.17) is 11.3 Å². The van der Waals surface area contributed by atoms with E-state index in [1.807, 2.05) is 49.4 Å². The molecule has 0 unspecified atom stereocenters. The number of nitrogens with zero attached hydrogens (tertiary/aromatic N) is 3. The second-order valence-corrected chi connectivity index (χ2v) is 7.58. The van der Waals surface area contributed by atoms with Crippen molar-refractivity contribution >= 4 is 23.1 Å². The van der Waals surface area contributed by atoms with Crippen LogP contribution < -0.4 is 20.7 Å². The fourth-order valence-corrected chi connectivity index (χ4v) is 3.78. The van der Waals surface area contributed by atoms with Crippen molar-refractivity contribution in [2.75, 3.05) is 36.9 Å². The Bertz CT molecular complexity index is 1040. The lowest BCUT2D eigenvalue weighted by atomic mass is 9.89. The average molecular weight is 418 g/mol. The quantitative estimate of drug-likeness (QED) is 0.321. The van der Waals surface area contributed by atoms with Crippen molar-refractivity contribution in [3.8, 4) is 5.75 Å². The Morgan fingerprint density at radius 3 is 2.68 bits per heavy atom. The summed E-state index contributed by atoms with van der Waals surface area (Å²) in [6, 6.07) is 13.6. The van der Waals surface area contributed by atoms with E-state index in [9.17, 15) is 0 Å². The third-order valence-electron chi connectivity index (χ3n) is 5.28. The standard InChI is InChI=1S/C23H27N7O/c1-16-14-21(30-29-16)27-20-15-19(17-8-10-25-11-9-17)22(24-2)23(28-20)26-12-13-31-18-6-4-3-5-7-18/h3-7,14-15,17,25H,8-13H2,1H3,(H3,26,27,28,29,30). The van der Waals surface area contributed by atoms with Gasteiger partial charge in [0.1, 0.15) is 24.0 Å². The van der Waals surface area contributed by atoms with Crippen molar-refractivity contribution in [1.29, 1.82) is 0 Å². The molecule has 1 saturated heterocycles. The maximum Gasteiger partial charge on any atom is 0.231 e. The van der Waals surface area contributed by atoms with E-state index in [1.165, 1.54) is 0 Å². The third-order valence-corrected chi connectivity index (χ3v) is 5.28. The lowest BCUT2D eigenvalue weighted by molar-refractivity contribution is 0.333. The summed E-state index contributed by atoms with van der Waals surface area (Å²) in [5, 5.41) is 17.2. The fourth-order valence-electron chi connectivity index (χ4n) is 3.78. The number of pyridine rings is 1. The van der Waals surface area contributed by atoms with E-state index >= 15 is 0 Å². The molecule has 0 amide bonds. The number of piperidine rings is 1. The largest absolute Gasteiger partial charge is 0.492 e. The van der Waals surface area contributed by atoms with Gasteiger partial charge in [-0.05, 0) is 62.5 Å². The number of benzene rings is 1. The number of aromatic nitrogens is 3. The van der Waals surface area contributed by atoms with E-state index in [-0.39, 0.29) is 0 Å². The SMILES string of the molecule is [C-]#[N+]c1c(C2CCNCC2)cc(Nc2cc(C)[nH]n2)nc1NCCOc1ccccc1. The molecule has 3 heterocycles. The molecule has 0 atom stereocenters. The molecule has 31 heavy (non-hydrogen) atoms. The normalized spacial score (nSPS) is 14.1. The number of para-hydroxylation sites is 1. The van der Waals surface area contributed by atoms with Gasteiger partial charge in [0.15, 0.2) is 5.82 Å². The van der Waals surface area contributed by atoms with Crippen molar-refractivity contribution in [1.82, 2.24) is 20.5 Å². The summed E-state index contributed by atoms with van der Waals surface area (Å²) in [7, 11) is 0. The zero-order chi connectivity index (χ0) is 21.5. The maximum absolute atomic E-state index is 7.81. The highest BCUT2D eigenvalue weighted by molar-refractivity contribution is 5.74. The lowest BCUT2D eigenvalue weighted by Crippen LogP contribution is -2.26. The molecule has 160 valence electrons. The number of H-pyrrole nitrogens is 1. The van der Waals surface area contributed by atoms with Gasteiger partial charge in [0.2, 0.25) is 5.69 Å². The number of ether oxygens (including phenoxy) is 1. The van der Waals surface area contributed by atoms with Crippen LogP contribution in [0.3, 0.4) is 0 Å². The number of anilines is 3. The van der Waals surface area contributed by atoms with E-state index < -0.39 is 0 Å². The summed E-state index contributed by atoms with van der Waals surface area (Å²) in [4.78, 5) is 8.54. The second-order valence-electron chi connectivity index (χ2n) is 7.58. The highest BCUT2D eigenvalue weighted by Crippen LogP contribution is 2.39. The van der Waals surface area contributed by atoms with Crippen LogP contribution in [-0.4, -0.2) is 41.4 Å². The highest BCUT2D eigenvalue weighted by atomic mass is 16.5. The monoisotopic (exact) mass is 417 g/mol. The van der Waals surface area contributed by atoms with Gasteiger partial charge in [0.25, 0.3) is 0 Å². The topological polar surface area (TPSA) is 91.3 Å². The molecule has 4 N–H and O–H groups in total. The van der Waals surface area contributed by atoms with Gasteiger partial charge < -0.3 is 20.7 Å². The van der Waals surface area contributed by atoms with Crippen LogP contribution in [0.25, 0.3) is 4.85 Å². The first-order valence-electron chi connectivity index (χ1n) is 10.6. The van der Waals surface area contributed by atoms with E-state index in [0.717, 1.165) is 42.9 Å². The lowest BCUT2D eigenvalue weighted by Gasteiger charge is -2.25. The molecule has 8 heteroatoms. The predicted molar refractivity (Wildman–Crippen MR) is 122 cm³/mol. The molecule has 4 rings (SSSR count). The second kappa shape index (κ2) is 9.96. The molecule has 1 aromatic carbocycles. The van der Waals surface area contributed by atoms with Crippen LogP contribution in [0.5, 0.6) is 5.75 Å². The van der Waals surface area contributed by atoms with Crippen molar-refractivity contribution < 1.29 is 4.74 Å².